The maximum absolute atomic E-state index is 12.8. The van der Waals surface area contributed by atoms with Gasteiger partial charge in [0.05, 0.1) is 12.8 Å². The number of nitrogens with one attached hydrogen (secondary N) is 1. The summed E-state index contributed by atoms with van der Waals surface area (Å²) in [6.07, 6.45) is 0.182. The van der Waals surface area contributed by atoms with Crippen LogP contribution < -0.4 is 15.2 Å². The van der Waals surface area contributed by atoms with Gasteiger partial charge in [-0.1, -0.05) is 42.0 Å². The Hall–Kier alpha value is -3.54. The molecule has 0 atom stereocenters. The van der Waals surface area contributed by atoms with Gasteiger partial charge >= 0.3 is 0 Å². The first-order valence-corrected chi connectivity index (χ1v) is 9.36. The second-order valence-electron chi connectivity index (χ2n) is 6.78. The number of hydrogen-bond donors (Lipinski definition) is 1. The summed E-state index contributed by atoms with van der Waals surface area (Å²) in [5.74, 6) is -0.772. The third kappa shape index (κ3) is 5.04. The highest BCUT2D eigenvalue weighted by Gasteiger charge is 2.15. The standard InChI is InChI=1S/C23H24N2O4/c1-16-7-9-17(10-8-16)20-13-11-18(12-14-23(27)28)25(20)15-22(26)24-19-5-3-4-6-21(19)29-2/h3-11,13H,12,14-15H2,1-2H3,(H,24,26)(H,27,28)/p-1. The summed E-state index contributed by atoms with van der Waals surface area (Å²) in [6, 6.07) is 18.9. The van der Waals surface area contributed by atoms with Crippen LogP contribution in [0, 0.1) is 6.92 Å². The summed E-state index contributed by atoms with van der Waals surface area (Å²) in [4.78, 5) is 23.7. The molecule has 0 saturated carbocycles. The molecule has 0 saturated heterocycles. The lowest BCUT2D eigenvalue weighted by atomic mass is 10.1. The topological polar surface area (TPSA) is 83.4 Å². The van der Waals surface area contributed by atoms with Gasteiger partial charge in [0.1, 0.15) is 12.3 Å². The Bertz CT molecular complexity index is 1010. The molecule has 3 aromatic rings. The molecule has 0 radical (unpaired) electrons. The zero-order valence-electron chi connectivity index (χ0n) is 16.5. The lowest BCUT2D eigenvalue weighted by molar-refractivity contribution is -0.305. The lowest BCUT2D eigenvalue weighted by Gasteiger charge is -2.15. The van der Waals surface area contributed by atoms with E-state index in [4.69, 9.17) is 4.74 Å². The van der Waals surface area contributed by atoms with Crippen LogP contribution in [0.2, 0.25) is 0 Å². The van der Waals surface area contributed by atoms with Gasteiger partial charge in [0, 0.05) is 17.4 Å². The molecule has 3 rings (SSSR count). The first-order chi connectivity index (χ1) is 14.0. The summed E-state index contributed by atoms with van der Waals surface area (Å²) in [6.45, 7) is 2.06. The van der Waals surface area contributed by atoms with Crippen molar-refractivity contribution in [3.63, 3.8) is 0 Å². The van der Waals surface area contributed by atoms with Crippen LogP contribution in [0.4, 0.5) is 5.69 Å². The van der Waals surface area contributed by atoms with Crippen molar-refractivity contribution in [1.82, 2.24) is 4.57 Å². The van der Waals surface area contributed by atoms with Crippen LogP contribution in [0.25, 0.3) is 11.3 Å². The van der Waals surface area contributed by atoms with Crippen LogP contribution in [-0.2, 0) is 22.6 Å². The highest BCUT2D eigenvalue weighted by molar-refractivity contribution is 5.92. The number of nitrogens with zero attached hydrogens (tertiary/aromatic N) is 1. The van der Waals surface area contributed by atoms with E-state index in [2.05, 4.69) is 5.32 Å². The predicted octanol–water partition coefficient (Wildman–Crippen LogP) is 2.79. The number of rotatable bonds is 8. The lowest BCUT2D eigenvalue weighted by Crippen LogP contribution is -2.24. The number of aliphatic carboxylic acids is 1. The first-order valence-electron chi connectivity index (χ1n) is 9.36. The second kappa shape index (κ2) is 9.10. The molecule has 2 aromatic carbocycles. The molecule has 150 valence electrons. The molecule has 0 spiro atoms. The molecule has 0 aliphatic carbocycles. The van der Waals surface area contributed by atoms with Gasteiger partial charge in [-0.3, -0.25) is 4.79 Å². The highest BCUT2D eigenvalue weighted by Crippen LogP contribution is 2.26. The Kier molecular flexibility index (Phi) is 6.34. The molecule has 0 bridgehead atoms. The number of methoxy groups -OCH3 is 1. The van der Waals surface area contributed by atoms with Gasteiger partial charge in [0.25, 0.3) is 0 Å². The Labute approximate surface area is 169 Å². The number of hydrogen-bond acceptors (Lipinski definition) is 4. The van der Waals surface area contributed by atoms with E-state index in [0.29, 0.717) is 11.4 Å². The smallest absolute Gasteiger partial charge is 0.244 e. The van der Waals surface area contributed by atoms with Gasteiger partial charge in [-0.15, -0.1) is 0 Å². The molecule has 6 heteroatoms. The molecule has 0 unspecified atom stereocenters. The van der Waals surface area contributed by atoms with Gasteiger partial charge in [-0.05, 0) is 49.6 Å². The Morgan fingerprint density at radius 3 is 2.45 bits per heavy atom. The van der Waals surface area contributed by atoms with Gasteiger partial charge < -0.3 is 24.5 Å². The van der Waals surface area contributed by atoms with Gasteiger partial charge in [-0.2, -0.15) is 0 Å². The van der Waals surface area contributed by atoms with Gasteiger partial charge in [0.15, 0.2) is 0 Å². The normalized spacial score (nSPS) is 10.6. The van der Waals surface area contributed by atoms with E-state index in [1.165, 1.54) is 0 Å². The summed E-state index contributed by atoms with van der Waals surface area (Å²) in [5.41, 5.74) is 4.30. The van der Waals surface area contributed by atoms with Crippen molar-refractivity contribution < 1.29 is 19.4 Å². The van der Waals surface area contributed by atoms with Crippen LogP contribution in [-0.4, -0.2) is 23.6 Å². The number of ether oxygens (including phenoxy) is 1. The molecule has 1 amide bonds. The van der Waals surface area contributed by atoms with Crippen molar-refractivity contribution in [3.05, 3.63) is 71.9 Å². The van der Waals surface area contributed by atoms with Crippen LogP contribution in [0.1, 0.15) is 17.7 Å². The summed E-state index contributed by atoms with van der Waals surface area (Å²) in [7, 11) is 1.55. The average molecular weight is 391 g/mol. The fourth-order valence-electron chi connectivity index (χ4n) is 3.20. The third-order valence-electron chi connectivity index (χ3n) is 4.69. The maximum Gasteiger partial charge on any atom is 0.244 e. The van der Waals surface area contributed by atoms with Crippen LogP contribution in [0.15, 0.2) is 60.7 Å². The Balaban J connectivity index is 1.88. The minimum atomic E-state index is -1.12. The van der Waals surface area contributed by atoms with E-state index in [1.54, 1.807) is 19.2 Å². The number of carbonyl (C=O) groups excluding carboxylic acids is 2. The van der Waals surface area contributed by atoms with E-state index in [-0.39, 0.29) is 25.3 Å². The molecule has 0 fully saturated rings. The third-order valence-corrected chi connectivity index (χ3v) is 4.69. The Morgan fingerprint density at radius 2 is 1.76 bits per heavy atom. The fraction of sp³-hybridized carbons (Fsp3) is 0.217. The molecule has 0 aliphatic rings. The van der Waals surface area contributed by atoms with Gasteiger partial charge in [-0.25, -0.2) is 0 Å². The van der Waals surface area contributed by atoms with Crippen molar-refractivity contribution in [2.24, 2.45) is 0 Å². The molecule has 1 N–H and O–H groups in total. The summed E-state index contributed by atoms with van der Waals surface area (Å²) in [5, 5.41) is 13.8. The Morgan fingerprint density at radius 1 is 1.03 bits per heavy atom. The summed E-state index contributed by atoms with van der Waals surface area (Å²) < 4.78 is 7.13. The molecule has 1 aromatic heterocycles. The van der Waals surface area contributed by atoms with E-state index < -0.39 is 5.97 Å². The zero-order chi connectivity index (χ0) is 20.8. The zero-order valence-corrected chi connectivity index (χ0v) is 16.5. The average Bonchev–Trinajstić information content (AvgIpc) is 3.09. The minimum Gasteiger partial charge on any atom is -0.550 e. The van der Waals surface area contributed by atoms with Crippen molar-refractivity contribution in [2.45, 2.75) is 26.3 Å². The number of carboxylic acids is 1. The van der Waals surface area contributed by atoms with Crippen LogP contribution >= 0.6 is 0 Å². The van der Waals surface area contributed by atoms with Crippen molar-refractivity contribution in [1.29, 1.82) is 0 Å². The first kappa shape index (κ1) is 20.2. The van der Waals surface area contributed by atoms with Gasteiger partial charge in [0.2, 0.25) is 5.91 Å². The molecule has 1 heterocycles. The number of benzene rings is 2. The molecule has 29 heavy (non-hydrogen) atoms. The van der Waals surface area contributed by atoms with E-state index >= 15 is 0 Å². The number of carbonyl (C=O) groups is 2. The molecular weight excluding hydrogens is 368 g/mol. The molecule has 0 aliphatic heterocycles. The van der Waals surface area contributed by atoms with Crippen molar-refractivity contribution in [3.8, 4) is 17.0 Å². The van der Waals surface area contributed by atoms with Crippen molar-refractivity contribution in [2.75, 3.05) is 12.4 Å². The van der Waals surface area contributed by atoms with Crippen LogP contribution in [0.3, 0.4) is 0 Å². The molecule has 6 nitrogen and oxygen atoms in total. The second-order valence-corrected chi connectivity index (χ2v) is 6.78. The number of para-hydroxylation sites is 2. The summed E-state index contributed by atoms with van der Waals surface area (Å²) >= 11 is 0. The number of aryl methyl sites for hydroxylation is 2. The van der Waals surface area contributed by atoms with E-state index in [1.807, 2.05) is 60.0 Å². The highest BCUT2D eigenvalue weighted by atomic mass is 16.5. The maximum atomic E-state index is 12.8. The number of aromatic nitrogens is 1. The van der Waals surface area contributed by atoms with Crippen molar-refractivity contribution >= 4 is 17.6 Å². The van der Waals surface area contributed by atoms with E-state index in [9.17, 15) is 14.7 Å². The SMILES string of the molecule is COc1ccccc1NC(=O)Cn1c(CCC(=O)[O-])ccc1-c1ccc(C)cc1. The largest absolute Gasteiger partial charge is 0.550 e. The van der Waals surface area contributed by atoms with Crippen LogP contribution in [0.5, 0.6) is 5.75 Å². The quantitative estimate of drug-likeness (QED) is 0.640. The number of carboxylic acid groups (broad SMARTS) is 1. The monoisotopic (exact) mass is 391 g/mol. The minimum absolute atomic E-state index is 0.0522. The predicted molar refractivity (Wildman–Crippen MR) is 110 cm³/mol. The number of anilines is 1. The molecular formula is C23H23N2O4-. The fourth-order valence-corrected chi connectivity index (χ4v) is 3.20. The van der Waals surface area contributed by atoms with E-state index in [0.717, 1.165) is 22.5 Å². The number of amides is 1.